The largest absolute Gasteiger partial charge is 0.378 e. The number of anilines is 2. The maximum absolute atomic E-state index is 5.74. The minimum Gasteiger partial charge on any atom is -0.378 e. The third-order valence-corrected chi connectivity index (χ3v) is 3.91. The van der Waals surface area contributed by atoms with E-state index in [1.54, 1.807) is 6.33 Å². The van der Waals surface area contributed by atoms with E-state index in [0.717, 1.165) is 63.6 Å². The predicted molar refractivity (Wildman–Crippen MR) is 87.1 cm³/mol. The number of aromatic nitrogens is 2. The van der Waals surface area contributed by atoms with Crippen LogP contribution in [0.25, 0.3) is 0 Å². The van der Waals surface area contributed by atoms with Crippen LogP contribution >= 0.6 is 0 Å². The van der Waals surface area contributed by atoms with Crippen molar-refractivity contribution in [1.82, 2.24) is 9.97 Å². The minimum absolute atomic E-state index is 0.413. The Morgan fingerprint density at radius 1 is 1.24 bits per heavy atom. The van der Waals surface area contributed by atoms with Crippen molar-refractivity contribution in [2.45, 2.75) is 52.6 Å². The van der Waals surface area contributed by atoms with Crippen LogP contribution in [-0.4, -0.2) is 42.3 Å². The molecular formula is C16H28N4O. The van der Waals surface area contributed by atoms with E-state index < -0.39 is 0 Å². The van der Waals surface area contributed by atoms with Crippen LogP contribution in [0.15, 0.2) is 6.33 Å². The molecule has 0 unspecified atom stereocenters. The van der Waals surface area contributed by atoms with Crippen molar-refractivity contribution in [2.24, 2.45) is 0 Å². The van der Waals surface area contributed by atoms with E-state index in [0.29, 0.717) is 6.10 Å². The molecule has 0 amide bonds. The van der Waals surface area contributed by atoms with Crippen LogP contribution in [-0.2, 0) is 11.2 Å². The molecule has 1 aliphatic heterocycles. The second-order valence-corrected chi connectivity index (χ2v) is 5.45. The van der Waals surface area contributed by atoms with Gasteiger partial charge in [0.05, 0.1) is 6.10 Å². The van der Waals surface area contributed by atoms with Gasteiger partial charge in [0.25, 0.3) is 0 Å². The number of hydrogen-bond donors (Lipinski definition) is 1. The lowest BCUT2D eigenvalue weighted by Gasteiger charge is -2.34. The number of piperidine rings is 1. The first-order chi connectivity index (χ1) is 10.3. The zero-order valence-electron chi connectivity index (χ0n) is 13.6. The lowest BCUT2D eigenvalue weighted by atomic mass is 10.1. The summed E-state index contributed by atoms with van der Waals surface area (Å²) in [5.74, 6) is 2.11. The molecule has 0 aromatic carbocycles. The first-order valence-electron chi connectivity index (χ1n) is 8.24. The molecule has 118 valence electrons. The highest BCUT2D eigenvalue weighted by molar-refractivity contribution is 5.59. The molecule has 1 aliphatic rings. The summed E-state index contributed by atoms with van der Waals surface area (Å²) in [6.45, 7) is 10.1. The highest BCUT2D eigenvalue weighted by Gasteiger charge is 2.23. The first-order valence-corrected chi connectivity index (χ1v) is 8.24. The molecule has 2 heterocycles. The van der Waals surface area contributed by atoms with Gasteiger partial charge >= 0.3 is 0 Å². The number of rotatable bonds is 7. The van der Waals surface area contributed by atoms with E-state index in [-0.39, 0.29) is 0 Å². The van der Waals surface area contributed by atoms with Crippen molar-refractivity contribution < 1.29 is 4.74 Å². The quantitative estimate of drug-likeness (QED) is 0.837. The number of nitrogens with zero attached hydrogens (tertiary/aromatic N) is 3. The van der Waals surface area contributed by atoms with Crippen LogP contribution in [0.3, 0.4) is 0 Å². The summed E-state index contributed by atoms with van der Waals surface area (Å²) < 4.78 is 5.74. The number of ether oxygens (including phenoxy) is 1. The molecule has 1 aromatic rings. The molecule has 0 bridgehead atoms. The molecule has 0 atom stereocenters. The average Bonchev–Trinajstić information content (AvgIpc) is 2.51. The second kappa shape index (κ2) is 8.17. The van der Waals surface area contributed by atoms with Gasteiger partial charge in [-0.2, -0.15) is 0 Å². The fraction of sp³-hybridized carbons (Fsp3) is 0.750. The maximum atomic E-state index is 5.74. The Bertz CT molecular complexity index is 430. The summed E-state index contributed by atoms with van der Waals surface area (Å²) in [5, 5.41) is 3.37. The van der Waals surface area contributed by atoms with E-state index in [4.69, 9.17) is 4.74 Å². The summed E-state index contributed by atoms with van der Waals surface area (Å²) >= 11 is 0. The fourth-order valence-corrected chi connectivity index (χ4v) is 2.95. The topological polar surface area (TPSA) is 50.3 Å². The van der Waals surface area contributed by atoms with Crippen molar-refractivity contribution in [1.29, 1.82) is 0 Å². The van der Waals surface area contributed by atoms with Gasteiger partial charge < -0.3 is 15.0 Å². The molecule has 2 rings (SSSR count). The Hall–Kier alpha value is -1.36. The van der Waals surface area contributed by atoms with E-state index >= 15 is 0 Å². The monoisotopic (exact) mass is 292 g/mol. The smallest absolute Gasteiger partial charge is 0.137 e. The van der Waals surface area contributed by atoms with Crippen molar-refractivity contribution in [3.05, 3.63) is 11.9 Å². The van der Waals surface area contributed by atoms with Crippen molar-refractivity contribution in [3.8, 4) is 0 Å². The Labute approximate surface area is 128 Å². The Morgan fingerprint density at radius 2 is 2.00 bits per heavy atom. The molecule has 1 fully saturated rings. The van der Waals surface area contributed by atoms with Gasteiger partial charge in [-0.05, 0) is 33.1 Å². The molecule has 5 heteroatoms. The van der Waals surface area contributed by atoms with E-state index in [1.165, 1.54) is 5.56 Å². The van der Waals surface area contributed by atoms with Crippen LogP contribution in [0.1, 0.15) is 45.6 Å². The highest BCUT2D eigenvalue weighted by Crippen LogP contribution is 2.27. The van der Waals surface area contributed by atoms with Gasteiger partial charge in [0.1, 0.15) is 18.0 Å². The Balaban J connectivity index is 2.13. The fourth-order valence-electron chi connectivity index (χ4n) is 2.95. The van der Waals surface area contributed by atoms with Crippen LogP contribution < -0.4 is 10.2 Å². The van der Waals surface area contributed by atoms with Crippen LogP contribution in [0.4, 0.5) is 11.6 Å². The standard InChI is InChI=1S/C16H28N4O/c1-4-7-14-15(17-5-2)18-12-19-16(14)20-10-8-13(9-11-20)21-6-3/h12-13H,4-11H2,1-3H3,(H,17,18,19). The van der Waals surface area contributed by atoms with Gasteiger partial charge in [-0.3, -0.25) is 0 Å². The van der Waals surface area contributed by atoms with Crippen molar-refractivity contribution in [3.63, 3.8) is 0 Å². The minimum atomic E-state index is 0.413. The number of nitrogens with one attached hydrogen (secondary N) is 1. The SMILES string of the molecule is CCCc1c(NCC)ncnc1N1CCC(OCC)CC1. The molecule has 21 heavy (non-hydrogen) atoms. The maximum Gasteiger partial charge on any atom is 0.137 e. The molecule has 5 nitrogen and oxygen atoms in total. The molecule has 0 radical (unpaired) electrons. The Morgan fingerprint density at radius 3 is 2.62 bits per heavy atom. The summed E-state index contributed by atoms with van der Waals surface area (Å²) in [6, 6.07) is 0. The molecule has 1 saturated heterocycles. The van der Waals surface area contributed by atoms with Crippen LogP contribution in [0.2, 0.25) is 0 Å². The zero-order chi connectivity index (χ0) is 15.1. The first kappa shape index (κ1) is 16.0. The van der Waals surface area contributed by atoms with Crippen molar-refractivity contribution in [2.75, 3.05) is 36.5 Å². The second-order valence-electron chi connectivity index (χ2n) is 5.45. The van der Waals surface area contributed by atoms with Gasteiger partial charge in [0, 0.05) is 31.8 Å². The lowest BCUT2D eigenvalue weighted by Crippen LogP contribution is -2.38. The third-order valence-electron chi connectivity index (χ3n) is 3.91. The lowest BCUT2D eigenvalue weighted by molar-refractivity contribution is 0.0458. The molecule has 0 saturated carbocycles. The van der Waals surface area contributed by atoms with E-state index in [2.05, 4.69) is 41.0 Å². The molecule has 1 aromatic heterocycles. The van der Waals surface area contributed by atoms with Crippen LogP contribution in [0, 0.1) is 0 Å². The van der Waals surface area contributed by atoms with Gasteiger partial charge in [-0.15, -0.1) is 0 Å². The van der Waals surface area contributed by atoms with Crippen molar-refractivity contribution >= 4 is 11.6 Å². The van der Waals surface area contributed by atoms with E-state index in [9.17, 15) is 0 Å². The normalized spacial score (nSPS) is 16.2. The highest BCUT2D eigenvalue weighted by atomic mass is 16.5. The summed E-state index contributed by atoms with van der Waals surface area (Å²) in [7, 11) is 0. The molecular weight excluding hydrogens is 264 g/mol. The van der Waals surface area contributed by atoms with E-state index in [1.807, 2.05) is 0 Å². The van der Waals surface area contributed by atoms with Gasteiger partial charge in [0.2, 0.25) is 0 Å². The molecule has 1 N–H and O–H groups in total. The molecule has 0 aliphatic carbocycles. The zero-order valence-corrected chi connectivity index (χ0v) is 13.6. The Kier molecular flexibility index (Phi) is 6.23. The average molecular weight is 292 g/mol. The molecule has 0 spiro atoms. The summed E-state index contributed by atoms with van der Waals surface area (Å²) in [5.41, 5.74) is 1.26. The summed E-state index contributed by atoms with van der Waals surface area (Å²) in [4.78, 5) is 11.4. The van der Waals surface area contributed by atoms with Crippen LogP contribution in [0.5, 0.6) is 0 Å². The number of hydrogen-bond acceptors (Lipinski definition) is 5. The third kappa shape index (κ3) is 4.06. The predicted octanol–water partition coefficient (Wildman–Crippen LogP) is 2.87. The van der Waals surface area contributed by atoms with Gasteiger partial charge in [-0.1, -0.05) is 13.3 Å². The summed E-state index contributed by atoms with van der Waals surface area (Å²) in [6.07, 6.45) is 6.38. The van der Waals surface area contributed by atoms with Gasteiger partial charge in [-0.25, -0.2) is 9.97 Å². The van der Waals surface area contributed by atoms with Gasteiger partial charge in [0.15, 0.2) is 0 Å².